The van der Waals surface area contributed by atoms with Crippen molar-refractivity contribution in [1.29, 1.82) is 0 Å². The topological polar surface area (TPSA) is 52.0 Å². The molecule has 0 saturated heterocycles. The molecular weight excluding hydrogens is 316 g/mol. The predicted molar refractivity (Wildman–Crippen MR) is 110 cm³/mol. The van der Waals surface area contributed by atoms with Crippen molar-refractivity contribution in [2.45, 2.75) is 12.0 Å². The lowest BCUT2D eigenvalue weighted by molar-refractivity contribution is 0.567. The van der Waals surface area contributed by atoms with Gasteiger partial charge in [0.2, 0.25) is 0 Å². The van der Waals surface area contributed by atoms with Gasteiger partial charge in [0.1, 0.15) is 0 Å². The highest BCUT2D eigenvalue weighted by atomic mass is 14.7. The van der Waals surface area contributed by atoms with Gasteiger partial charge in [-0.05, 0) is 46.4 Å². The molecule has 26 heavy (non-hydrogen) atoms. The van der Waals surface area contributed by atoms with Crippen molar-refractivity contribution in [2.75, 3.05) is 5.73 Å². The maximum atomic E-state index is 6.68. The van der Waals surface area contributed by atoms with Crippen molar-refractivity contribution < 1.29 is 0 Å². The van der Waals surface area contributed by atoms with Gasteiger partial charge in [0, 0.05) is 5.69 Å². The third-order valence-electron chi connectivity index (χ3n) is 4.99. The summed E-state index contributed by atoms with van der Waals surface area (Å²) in [5.41, 5.74) is 18.7. The minimum absolute atomic E-state index is 0.466. The maximum Gasteiger partial charge on any atom is 0.0633 e. The highest BCUT2D eigenvalue weighted by Gasteiger charge is 2.25. The van der Waals surface area contributed by atoms with Crippen molar-refractivity contribution in [3.05, 3.63) is 108 Å². The van der Waals surface area contributed by atoms with Crippen molar-refractivity contribution in [3.63, 3.8) is 0 Å². The van der Waals surface area contributed by atoms with E-state index >= 15 is 0 Å². The molecule has 0 fully saturated rings. The average molecular weight is 338 g/mol. The van der Waals surface area contributed by atoms with Gasteiger partial charge in [0.15, 0.2) is 0 Å². The third kappa shape index (κ3) is 3.19. The van der Waals surface area contributed by atoms with Crippen LogP contribution in [0.5, 0.6) is 0 Å². The van der Waals surface area contributed by atoms with Gasteiger partial charge in [0.05, 0.1) is 5.54 Å². The van der Waals surface area contributed by atoms with E-state index in [2.05, 4.69) is 66.8 Å². The van der Waals surface area contributed by atoms with Crippen molar-refractivity contribution in [2.24, 2.45) is 5.73 Å². The first-order valence-corrected chi connectivity index (χ1v) is 8.84. The lowest BCUT2D eigenvalue weighted by Gasteiger charge is -2.29. The molecular formula is C24H22N2. The molecule has 1 atom stereocenters. The summed E-state index contributed by atoms with van der Waals surface area (Å²) in [7, 11) is 0. The summed E-state index contributed by atoms with van der Waals surface area (Å²) < 4.78 is 0. The quantitative estimate of drug-likeness (QED) is 0.650. The molecule has 0 spiro atoms. The molecule has 0 bridgehead atoms. The Bertz CT molecular complexity index is 951. The summed E-state index contributed by atoms with van der Waals surface area (Å²) in [6, 6.07) is 26.9. The fourth-order valence-corrected chi connectivity index (χ4v) is 3.36. The lowest BCUT2D eigenvalue weighted by atomic mass is 9.81. The van der Waals surface area contributed by atoms with Crippen LogP contribution in [-0.2, 0) is 5.54 Å². The van der Waals surface area contributed by atoms with Crippen molar-refractivity contribution in [3.8, 4) is 11.1 Å². The second kappa shape index (κ2) is 6.66. The average Bonchev–Trinajstić information content (AvgIpc) is 2.70. The zero-order valence-corrected chi connectivity index (χ0v) is 14.6. The van der Waals surface area contributed by atoms with E-state index in [4.69, 9.17) is 11.5 Å². The normalized spacial score (nSPS) is 19.2. The van der Waals surface area contributed by atoms with Gasteiger partial charge in [-0.25, -0.2) is 0 Å². The molecule has 0 aliphatic heterocycles. The molecule has 3 aromatic carbocycles. The van der Waals surface area contributed by atoms with Crippen LogP contribution < -0.4 is 11.5 Å². The second-order valence-electron chi connectivity index (χ2n) is 6.80. The zero-order valence-electron chi connectivity index (χ0n) is 14.6. The van der Waals surface area contributed by atoms with E-state index in [1.54, 1.807) is 0 Å². The first kappa shape index (κ1) is 16.4. The molecule has 2 nitrogen and oxygen atoms in total. The fraction of sp³-hybridized carbons (Fsp3) is 0.0833. The molecule has 0 aromatic heterocycles. The van der Waals surface area contributed by atoms with Crippen LogP contribution in [0.2, 0.25) is 0 Å². The van der Waals surface area contributed by atoms with E-state index in [9.17, 15) is 0 Å². The Morgan fingerprint density at radius 3 is 1.92 bits per heavy atom. The molecule has 3 aromatic rings. The monoisotopic (exact) mass is 338 g/mol. The van der Waals surface area contributed by atoms with Gasteiger partial charge in [-0.1, -0.05) is 85.0 Å². The highest BCUT2D eigenvalue weighted by molar-refractivity contribution is 5.76. The van der Waals surface area contributed by atoms with Crippen LogP contribution in [0, 0.1) is 0 Å². The largest absolute Gasteiger partial charge is 0.399 e. The van der Waals surface area contributed by atoms with Crippen LogP contribution in [0.1, 0.15) is 17.5 Å². The molecule has 0 radical (unpaired) electrons. The SMILES string of the molecule is Nc1ccc(C2=CCC(N)(c3ccc(-c4ccccc4)cc3)C=C2)cc1. The molecule has 0 saturated carbocycles. The van der Waals surface area contributed by atoms with Crippen LogP contribution in [0.25, 0.3) is 16.7 Å². The number of nitrogens with two attached hydrogens (primary N) is 2. The molecule has 128 valence electrons. The summed E-state index contributed by atoms with van der Waals surface area (Å²) in [6.07, 6.45) is 7.20. The van der Waals surface area contributed by atoms with Crippen molar-refractivity contribution in [1.82, 2.24) is 0 Å². The number of anilines is 1. The number of allylic oxidation sites excluding steroid dienone is 2. The van der Waals surface area contributed by atoms with Crippen LogP contribution in [-0.4, -0.2) is 0 Å². The standard InChI is InChI=1S/C24H22N2/c25-23-12-8-20(9-13-23)21-14-16-24(26,17-15-21)22-10-6-19(7-11-22)18-4-2-1-3-5-18/h1-16H,17,25-26H2. The maximum absolute atomic E-state index is 6.68. The van der Waals surface area contributed by atoms with E-state index in [1.807, 2.05) is 30.3 Å². The number of rotatable bonds is 3. The Morgan fingerprint density at radius 1 is 0.692 bits per heavy atom. The Hall–Kier alpha value is -3.10. The minimum Gasteiger partial charge on any atom is -0.399 e. The molecule has 0 amide bonds. The third-order valence-corrected chi connectivity index (χ3v) is 4.99. The summed E-state index contributed by atoms with van der Waals surface area (Å²) in [5.74, 6) is 0. The zero-order chi connectivity index (χ0) is 18.0. The van der Waals surface area contributed by atoms with E-state index in [0.29, 0.717) is 0 Å². The number of hydrogen-bond acceptors (Lipinski definition) is 2. The van der Waals surface area contributed by atoms with E-state index in [1.165, 1.54) is 16.7 Å². The number of benzene rings is 3. The van der Waals surface area contributed by atoms with Gasteiger partial charge in [-0.3, -0.25) is 0 Å². The first-order valence-electron chi connectivity index (χ1n) is 8.84. The van der Waals surface area contributed by atoms with Crippen LogP contribution in [0.15, 0.2) is 97.1 Å². The molecule has 1 unspecified atom stereocenters. The van der Waals surface area contributed by atoms with Gasteiger partial charge in [-0.15, -0.1) is 0 Å². The summed E-state index contributed by atoms with van der Waals surface area (Å²) in [6.45, 7) is 0. The summed E-state index contributed by atoms with van der Waals surface area (Å²) in [5, 5.41) is 0. The first-order chi connectivity index (χ1) is 12.6. The smallest absolute Gasteiger partial charge is 0.0633 e. The second-order valence-corrected chi connectivity index (χ2v) is 6.80. The van der Waals surface area contributed by atoms with Crippen LogP contribution in [0.4, 0.5) is 5.69 Å². The van der Waals surface area contributed by atoms with Crippen LogP contribution in [0.3, 0.4) is 0 Å². The van der Waals surface area contributed by atoms with Gasteiger partial charge in [0.25, 0.3) is 0 Å². The molecule has 1 aliphatic rings. The molecule has 4 N–H and O–H groups in total. The van der Waals surface area contributed by atoms with E-state index in [0.717, 1.165) is 23.2 Å². The highest BCUT2D eigenvalue weighted by Crippen LogP contribution is 2.33. The van der Waals surface area contributed by atoms with Gasteiger partial charge >= 0.3 is 0 Å². The summed E-state index contributed by atoms with van der Waals surface area (Å²) in [4.78, 5) is 0. The Kier molecular flexibility index (Phi) is 4.19. The molecule has 1 aliphatic carbocycles. The number of nitrogen functional groups attached to an aromatic ring is 1. The Morgan fingerprint density at radius 2 is 1.31 bits per heavy atom. The minimum atomic E-state index is -0.466. The van der Waals surface area contributed by atoms with E-state index < -0.39 is 5.54 Å². The molecule has 4 rings (SSSR count). The van der Waals surface area contributed by atoms with Gasteiger partial charge in [-0.2, -0.15) is 0 Å². The van der Waals surface area contributed by atoms with Gasteiger partial charge < -0.3 is 11.5 Å². The fourth-order valence-electron chi connectivity index (χ4n) is 3.36. The molecule has 2 heteroatoms. The Balaban J connectivity index is 1.55. The van der Waals surface area contributed by atoms with Crippen molar-refractivity contribution >= 4 is 11.3 Å². The van der Waals surface area contributed by atoms with E-state index in [-0.39, 0.29) is 0 Å². The predicted octanol–water partition coefficient (Wildman–Crippen LogP) is 5.13. The number of hydrogen-bond donors (Lipinski definition) is 2. The summed E-state index contributed by atoms with van der Waals surface area (Å²) >= 11 is 0. The Labute approximate surface area is 154 Å². The van der Waals surface area contributed by atoms with Crippen LogP contribution >= 0.6 is 0 Å². The molecule has 0 heterocycles. The lowest BCUT2D eigenvalue weighted by Crippen LogP contribution is -2.35.